The zero-order chi connectivity index (χ0) is 21.6. The Balaban J connectivity index is 1.65. The Kier molecular flexibility index (Phi) is 5.13. The highest BCUT2D eigenvalue weighted by atomic mass is 19.4. The number of fused-ring (bicyclic) bond motifs is 1. The first-order chi connectivity index (χ1) is 14.1. The third-order valence-electron chi connectivity index (χ3n) is 5.36. The summed E-state index contributed by atoms with van der Waals surface area (Å²) < 4.78 is 54.4. The van der Waals surface area contributed by atoms with Crippen molar-refractivity contribution in [3.05, 3.63) is 53.0 Å². The van der Waals surface area contributed by atoms with E-state index in [9.17, 15) is 22.7 Å². The van der Waals surface area contributed by atoms with Crippen molar-refractivity contribution < 1.29 is 22.7 Å². The molecule has 1 aromatic carbocycles. The summed E-state index contributed by atoms with van der Waals surface area (Å²) in [4.78, 5) is 5.86. The fourth-order valence-electron chi connectivity index (χ4n) is 3.90. The highest BCUT2D eigenvalue weighted by Gasteiger charge is 2.41. The maximum Gasteiger partial charge on any atom is 0.393 e. The van der Waals surface area contributed by atoms with Crippen LogP contribution in [0.5, 0.6) is 0 Å². The van der Waals surface area contributed by atoms with E-state index in [-0.39, 0.29) is 25.8 Å². The molecule has 30 heavy (non-hydrogen) atoms. The minimum atomic E-state index is -4.22. The van der Waals surface area contributed by atoms with Gasteiger partial charge in [-0.25, -0.2) is 9.37 Å². The van der Waals surface area contributed by atoms with Crippen LogP contribution in [-0.2, 0) is 26.4 Å². The minimum absolute atomic E-state index is 0.0314. The molecule has 3 aromatic rings. The number of aliphatic hydroxyl groups excluding tert-OH is 1. The van der Waals surface area contributed by atoms with Gasteiger partial charge in [0.05, 0.1) is 23.4 Å². The van der Waals surface area contributed by atoms with E-state index < -0.39 is 24.0 Å². The van der Waals surface area contributed by atoms with Gasteiger partial charge in [-0.3, -0.25) is 0 Å². The van der Waals surface area contributed by atoms with Gasteiger partial charge in [-0.1, -0.05) is 0 Å². The molecular weight excluding hydrogens is 402 g/mol. The highest BCUT2D eigenvalue weighted by Crippen LogP contribution is 2.35. The molecule has 3 heterocycles. The summed E-state index contributed by atoms with van der Waals surface area (Å²) in [5, 5.41) is 18.8. The van der Waals surface area contributed by atoms with Crippen molar-refractivity contribution in [2.45, 2.75) is 45.0 Å². The second-order valence-electron chi connectivity index (χ2n) is 7.65. The van der Waals surface area contributed by atoms with Gasteiger partial charge in [0, 0.05) is 38.2 Å². The predicted octanol–water partition coefficient (Wildman–Crippen LogP) is 3.59. The standard InChI is InChI=1S/C20H21F4N5O/c1-11(30)16-7-13(21)4-5-15(16)19-17(26-28(2)27-19)8-14-10-29-9-12(20(22,23)24)3-6-18(29)25-14/h4-5,7,10-12,30H,3,6,8-9H2,1-2H3/t11-,12?/m1/s1. The average Bonchev–Trinajstić information content (AvgIpc) is 3.22. The Labute approximate surface area is 170 Å². The Morgan fingerprint density at radius 3 is 2.73 bits per heavy atom. The smallest absolute Gasteiger partial charge is 0.389 e. The van der Waals surface area contributed by atoms with Gasteiger partial charge in [-0.05, 0) is 37.1 Å². The molecule has 6 nitrogen and oxygen atoms in total. The van der Waals surface area contributed by atoms with Gasteiger partial charge >= 0.3 is 6.18 Å². The van der Waals surface area contributed by atoms with E-state index in [4.69, 9.17) is 0 Å². The molecular formula is C20H21F4N5O. The first-order valence-electron chi connectivity index (χ1n) is 9.61. The first-order valence-corrected chi connectivity index (χ1v) is 9.61. The zero-order valence-electron chi connectivity index (χ0n) is 16.5. The van der Waals surface area contributed by atoms with Crippen molar-refractivity contribution in [2.75, 3.05) is 0 Å². The molecule has 1 aliphatic heterocycles. The molecule has 2 atom stereocenters. The van der Waals surface area contributed by atoms with Crippen LogP contribution in [0.4, 0.5) is 17.6 Å². The lowest BCUT2D eigenvalue weighted by Gasteiger charge is -2.25. The van der Waals surface area contributed by atoms with Crippen molar-refractivity contribution in [1.29, 1.82) is 0 Å². The highest BCUT2D eigenvalue weighted by molar-refractivity contribution is 5.66. The molecule has 2 aromatic heterocycles. The number of hydrogen-bond donors (Lipinski definition) is 1. The van der Waals surface area contributed by atoms with E-state index in [1.807, 2.05) is 0 Å². The van der Waals surface area contributed by atoms with Crippen molar-refractivity contribution in [3.8, 4) is 11.3 Å². The van der Waals surface area contributed by atoms with Gasteiger partial charge in [0.25, 0.3) is 0 Å². The summed E-state index contributed by atoms with van der Waals surface area (Å²) in [7, 11) is 1.64. The van der Waals surface area contributed by atoms with Crippen molar-refractivity contribution in [3.63, 3.8) is 0 Å². The second kappa shape index (κ2) is 7.50. The Hall–Kier alpha value is -2.75. The third-order valence-corrected chi connectivity index (χ3v) is 5.36. The molecule has 0 aliphatic carbocycles. The van der Waals surface area contributed by atoms with E-state index >= 15 is 0 Å². The van der Waals surface area contributed by atoms with Crippen LogP contribution in [0.2, 0.25) is 0 Å². The van der Waals surface area contributed by atoms with Crippen LogP contribution in [0.25, 0.3) is 11.3 Å². The van der Waals surface area contributed by atoms with Crippen molar-refractivity contribution >= 4 is 0 Å². The number of aliphatic hydroxyl groups is 1. The van der Waals surface area contributed by atoms with Gasteiger partial charge in [0.1, 0.15) is 17.3 Å². The molecule has 1 unspecified atom stereocenters. The van der Waals surface area contributed by atoms with Crippen LogP contribution in [0.3, 0.4) is 0 Å². The average molecular weight is 423 g/mol. The number of hydrogen-bond acceptors (Lipinski definition) is 4. The Morgan fingerprint density at radius 2 is 2.03 bits per heavy atom. The number of alkyl halides is 3. The fraction of sp³-hybridized carbons (Fsp3) is 0.450. The largest absolute Gasteiger partial charge is 0.393 e. The number of rotatable bonds is 4. The molecule has 10 heteroatoms. The molecule has 0 spiro atoms. The predicted molar refractivity (Wildman–Crippen MR) is 99.9 cm³/mol. The summed E-state index contributed by atoms with van der Waals surface area (Å²) in [6, 6.07) is 4.08. The van der Waals surface area contributed by atoms with Crippen LogP contribution < -0.4 is 0 Å². The zero-order valence-corrected chi connectivity index (χ0v) is 16.5. The summed E-state index contributed by atoms with van der Waals surface area (Å²) in [5.74, 6) is -1.21. The molecule has 4 rings (SSSR count). The monoisotopic (exact) mass is 423 g/mol. The number of imidazole rings is 1. The van der Waals surface area contributed by atoms with Crippen molar-refractivity contribution in [1.82, 2.24) is 24.5 Å². The van der Waals surface area contributed by atoms with Crippen LogP contribution in [-0.4, -0.2) is 35.8 Å². The maximum absolute atomic E-state index is 13.7. The van der Waals surface area contributed by atoms with Crippen molar-refractivity contribution in [2.24, 2.45) is 13.0 Å². The lowest BCUT2D eigenvalue weighted by Crippen LogP contribution is -2.31. The van der Waals surface area contributed by atoms with Gasteiger partial charge in [0.15, 0.2) is 0 Å². The fourth-order valence-corrected chi connectivity index (χ4v) is 3.90. The Morgan fingerprint density at radius 1 is 1.27 bits per heavy atom. The maximum atomic E-state index is 13.7. The SMILES string of the molecule is C[C@@H](O)c1cc(F)ccc1-c1nn(C)nc1Cc1cn2c(n1)CCC(C(F)(F)F)C2. The lowest BCUT2D eigenvalue weighted by atomic mass is 9.98. The number of aryl methyl sites for hydroxylation is 2. The van der Waals surface area contributed by atoms with E-state index in [0.717, 1.165) is 0 Å². The van der Waals surface area contributed by atoms with E-state index in [1.165, 1.54) is 29.9 Å². The van der Waals surface area contributed by atoms with Crippen LogP contribution in [0.15, 0.2) is 24.4 Å². The number of nitrogens with zero attached hydrogens (tertiary/aromatic N) is 5. The van der Waals surface area contributed by atoms with Gasteiger partial charge in [-0.15, -0.1) is 0 Å². The molecule has 0 saturated carbocycles. The molecule has 0 radical (unpaired) electrons. The van der Waals surface area contributed by atoms with Crippen LogP contribution in [0.1, 0.15) is 42.2 Å². The van der Waals surface area contributed by atoms with Crippen LogP contribution >= 0.6 is 0 Å². The molecule has 0 amide bonds. The third kappa shape index (κ3) is 3.96. The summed E-state index contributed by atoms with van der Waals surface area (Å²) >= 11 is 0. The molecule has 160 valence electrons. The minimum Gasteiger partial charge on any atom is -0.389 e. The van der Waals surface area contributed by atoms with Gasteiger partial charge in [0.2, 0.25) is 0 Å². The van der Waals surface area contributed by atoms with E-state index in [0.29, 0.717) is 34.0 Å². The summed E-state index contributed by atoms with van der Waals surface area (Å²) in [6.07, 6.45) is -2.95. The van der Waals surface area contributed by atoms with E-state index in [1.54, 1.807) is 17.8 Å². The first kappa shape index (κ1) is 20.5. The molecule has 0 fully saturated rings. The number of benzene rings is 1. The number of halogens is 4. The van der Waals surface area contributed by atoms with Gasteiger partial charge < -0.3 is 9.67 Å². The van der Waals surface area contributed by atoms with Gasteiger partial charge in [-0.2, -0.15) is 28.2 Å². The number of aromatic nitrogens is 5. The summed E-state index contributed by atoms with van der Waals surface area (Å²) in [6.45, 7) is 1.40. The van der Waals surface area contributed by atoms with E-state index in [2.05, 4.69) is 15.2 Å². The quantitative estimate of drug-likeness (QED) is 0.652. The summed E-state index contributed by atoms with van der Waals surface area (Å²) in [5.41, 5.74) is 2.56. The Bertz CT molecular complexity index is 1070. The molecule has 1 aliphatic rings. The van der Waals surface area contributed by atoms with Crippen LogP contribution in [0, 0.1) is 11.7 Å². The lowest BCUT2D eigenvalue weighted by molar-refractivity contribution is -0.182. The molecule has 0 bridgehead atoms. The normalized spacial score (nSPS) is 17.8. The molecule has 0 saturated heterocycles. The molecule has 1 N–H and O–H groups in total. The second-order valence-corrected chi connectivity index (χ2v) is 7.65. The topological polar surface area (TPSA) is 68.8 Å².